The molecule has 9 amide bonds. The van der Waals surface area contributed by atoms with E-state index in [1.807, 2.05) is 0 Å². The molecule has 1 aromatic carbocycles. The summed E-state index contributed by atoms with van der Waals surface area (Å²) >= 11 is 0. The van der Waals surface area contributed by atoms with Gasteiger partial charge in [-0.15, -0.1) is 0 Å². The zero-order chi connectivity index (χ0) is 61.8. The van der Waals surface area contributed by atoms with E-state index in [0.717, 1.165) is 13.8 Å². The number of nitrogens with one attached hydrogen (secondary N) is 10. The van der Waals surface area contributed by atoms with Gasteiger partial charge in [0.15, 0.2) is 11.9 Å². The fraction of sp³-hybridized carbons (Fsp3) is 0.588. The lowest BCUT2D eigenvalue weighted by atomic mass is 9.96. The van der Waals surface area contributed by atoms with Crippen LogP contribution in [0.3, 0.4) is 0 Å². The number of carboxylic acids is 1. The van der Waals surface area contributed by atoms with Crippen molar-refractivity contribution in [2.45, 2.75) is 160 Å². The van der Waals surface area contributed by atoms with E-state index in [4.69, 9.17) is 28.7 Å². The lowest BCUT2D eigenvalue weighted by Crippen LogP contribution is -2.63. The molecule has 0 bridgehead atoms. The minimum atomic E-state index is -1.85. The Morgan fingerprint density at radius 3 is 1.62 bits per heavy atom. The highest BCUT2D eigenvalue weighted by Gasteiger charge is 2.37. The van der Waals surface area contributed by atoms with Crippen molar-refractivity contribution in [2.75, 3.05) is 19.6 Å². The molecule has 82 heavy (non-hydrogen) atoms. The van der Waals surface area contributed by atoms with Crippen molar-refractivity contribution in [1.82, 2.24) is 57.8 Å². The summed E-state index contributed by atoms with van der Waals surface area (Å²) in [6.45, 7) is 9.67. The van der Waals surface area contributed by atoms with Gasteiger partial charge in [-0.3, -0.25) is 53.1 Å². The highest BCUT2D eigenvalue weighted by molar-refractivity contribution is 5.98. The summed E-state index contributed by atoms with van der Waals surface area (Å²) in [6, 6.07) is -4.15. The minimum Gasteiger partial charge on any atom is -0.480 e. The van der Waals surface area contributed by atoms with Gasteiger partial charge in [-0.2, -0.15) is 0 Å². The summed E-state index contributed by atoms with van der Waals surface area (Å²) in [5, 5.41) is 53.4. The molecule has 23 N–H and O–H groups in total. The van der Waals surface area contributed by atoms with E-state index >= 15 is 0 Å². The number of aromatic amines is 1. The lowest BCUT2D eigenvalue weighted by Gasteiger charge is -2.29. The number of aliphatic hydroxyl groups excluding tert-OH is 2. The first kappa shape index (κ1) is 69.7. The zero-order valence-electron chi connectivity index (χ0n) is 47.3. The number of nitrogens with two attached hydrogens (primary N) is 5. The molecule has 0 saturated carbocycles. The molecule has 2 rings (SSSR count). The quantitative estimate of drug-likeness (QED) is 0.0172. The molecular formula is C51H84N18O13. The Labute approximate surface area is 475 Å². The average Bonchev–Trinajstić information content (AvgIpc) is 4.00. The molecule has 0 fully saturated rings. The fourth-order valence-electron chi connectivity index (χ4n) is 7.80. The van der Waals surface area contributed by atoms with E-state index in [9.17, 15) is 63.3 Å². The van der Waals surface area contributed by atoms with Gasteiger partial charge < -0.3 is 96.8 Å². The molecule has 31 heteroatoms. The summed E-state index contributed by atoms with van der Waals surface area (Å²) in [5.74, 6) is -10.9. The van der Waals surface area contributed by atoms with Gasteiger partial charge in [0.25, 0.3) is 0 Å². The number of benzene rings is 1. The van der Waals surface area contributed by atoms with Crippen molar-refractivity contribution in [1.29, 1.82) is 0 Å². The Hall–Kier alpha value is -8.45. The molecule has 31 nitrogen and oxygen atoms in total. The van der Waals surface area contributed by atoms with Crippen molar-refractivity contribution in [2.24, 2.45) is 50.5 Å². The molecule has 0 saturated heterocycles. The van der Waals surface area contributed by atoms with Crippen LogP contribution in [0.5, 0.6) is 0 Å². The largest absolute Gasteiger partial charge is 0.480 e. The van der Waals surface area contributed by atoms with Crippen LogP contribution in [-0.2, 0) is 60.8 Å². The number of hydrogen-bond donors (Lipinski definition) is 18. The number of aromatic nitrogens is 2. The van der Waals surface area contributed by atoms with Crippen LogP contribution >= 0.6 is 0 Å². The maximum atomic E-state index is 14.2. The van der Waals surface area contributed by atoms with Crippen LogP contribution in [0.25, 0.3) is 0 Å². The molecule has 1 aromatic heterocycles. The third-order valence-corrected chi connectivity index (χ3v) is 12.8. The predicted molar refractivity (Wildman–Crippen MR) is 300 cm³/mol. The number of nitrogens with zero attached hydrogens (tertiary/aromatic N) is 3. The summed E-state index contributed by atoms with van der Waals surface area (Å²) in [4.78, 5) is 149. The van der Waals surface area contributed by atoms with Crippen molar-refractivity contribution in [3.63, 3.8) is 0 Å². The first-order chi connectivity index (χ1) is 38.6. The minimum absolute atomic E-state index is 0.0341. The number of guanidine groups is 2. The van der Waals surface area contributed by atoms with Gasteiger partial charge in [0.05, 0.1) is 31.1 Å². The summed E-state index contributed by atoms with van der Waals surface area (Å²) < 4.78 is 0. The number of carboxylic acid groups (broad SMARTS) is 1. The molecule has 0 aliphatic heterocycles. The van der Waals surface area contributed by atoms with Crippen LogP contribution in [0.15, 0.2) is 52.8 Å². The van der Waals surface area contributed by atoms with E-state index in [2.05, 4.69) is 67.8 Å². The van der Waals surface area contributed by atoms with Crippen LogP contribution in [-0.4, -0.2) is 183 Å². The molecule has 2 aromatic rings. The molecule has 456 valence electrons. The van der Waals surface area contributed by atoms with Crippen molar-refractivity contribution >= 4 is 71.1 Å². The van der Waals surface area contributed by atoms with Crippen LogP contribution in [0.4, 0.5) is 0 Å². The van der Waals surface area contributed by atoms with Crippen molar-refractivity contribution in [3.05, 3.63) is 54.1 Å². The molecule has 0 spiro atoms. The number of amides is 9. The zero-order valence-corrected chi connectivity index (χ0v) is 47.3. The number of aliphatic carboxylic acids is 1. The van der Waals surface area contributed by atoms with Crippen LogP contribution in [0.1, 0.15) is 91.8 Å². The van der Waals surface area contributed by atoms with Gasteiger partial charge in [0.1, 0.15) is 48.3 Å². The maximum Gasteiger partial charge on any atom is 0.326 e. The van der Waals surface area contributed by atoms with Gasteiger partial charge in [-0.1, -0.05) is 64.4 Å². The number of aliphatic hydroxyl groups is 2. The van der Waals surface area contributed by atoms with Crippen molar-refractivity contribution < 1.29 is 63.3 Å². The third-order valence-electron chi connectivity index (χ3n) is 12.8. The van der Waals surface area contributed by atoms with E-state index in [1.165, 1.54) is 19.4 Å². The number of carbonyl (C=O) groups excluding carboxylic acids is 9. The van der Waals surface area contributed by atoms with E-state index in [1.54, 1.807) is 58.0 Å². The first-order valence-corrected chi connectivity index (χ1v) is 26.7. The average molecular weight is 1160 g/mol. The molecule has 0 aliphatic rings. The summed E-state index contributed by atoms with van der Waals surface area (Å²) in [5.41, 5.74) is 28.5. The van der Waals surface area contributed by atoms with Crippen molar-refractivity contribution in [3.8, 4) is 0 Å². The Morgan fingerprint density at radius 2 is 1.09 bits per heavy atom. The number of H-pyrrole nitrogens is 1. The molecule has 0 aliphatic carbocycles. The van der Waals surface area contributed by atoms with Gasteiger partial charge in [0, 0.05) is 37.8 Å². The number of rotatable bonds is 36. The molecule has 1 unspecified atom stereocenters. The second kappa shape index (κ2) is 35.3. The lowest BCUT2D eigenvalue weighted by molar-refractivity contribution is -0.144. The van der Waals surface area contributed by atoms with E-state index < -0.39 is 144 Å². The highest BCUT2D eigenvalue weighted by atomic mass is 16.4. The fourth-order valence-corrected chi connectivity index (χ4v) is 7.80. The Morgan fingerprint density at radius 1 is 0.585 bits per heavy atom. The maximum absolute atomic E-state index is 14.2. The number of imidazole rings is 1. The van der Waals surface area contributed by atoms with Gasteiger partial charge in [-0.25, -0.2) is 9.78 Å². The molecule has 1 heterocycles. The Bertz CT molecular complexity index is 2490. The second-order valence-corrected chi connectivity index (χ2v) is 20.1. The van der Waals surface area contributed by atoms with Crippen LogP contribution < -0.4 is 76.5 Å². The van der Waals surface area contributed by atoms with Crippen LogP contribution in [0, 0.1) is 11.8 Å². The normalized spacial score (nSPS) is 15.5. The van der Waals surface area contributed by atoms with Gasteiger partial charge >= 0.3 is 5.97 Å². The van der Waals surface area contributed by atoms with Crippen LogP contribution in [0.2, 0.25) is 0 Å². The predicted octanol–water partition coefficient (Wildman–Crippen LogP) is -5.81. The van der Waals surface area contributed by atoms with Gasteiger partial charge in [-0.05, 0) is 63.9 Å². The monoisotopic (exact) mass is 1160 g/mol. The SMILES string of the molecule is CCC(C)[C@H](NC(=O)[C@@H](CCCN=C(N)N)NC(=O)CNC(=O)[C@@H](NC(=O)[C@@H](NC(=O)[C@H](Cc1cnc[nH]1)NC(=O)[C@@H](Cc1ccccc1)NC(=O)[C@H](C)NC(=O)[C@@H](N)CCCN=C(N)N)[C@@H](C)O)[C@@H](C)O)C(=O)N[C@@H](C(=O)O)C(C)C. The third kappa shape index (κ3) is 24.9. The summed E-state index contributed by atoms with van der Waals surface area (Å²) in [6.07, 6.45) is -0.0557. The van der Waals surface area contributed by atoms with E-state index in [0.29, 0.717) is 24.1 Å². The standard InChI is InChI=1S/C51H84N18O13/c1-8-26(4)38(47(79)66-37(25(2)3)49(81)82)67-43(75)33(17-13-19-59-51(55)56)63-36(72)23-60-46(78)39(28(6)70)69-48(80)40(29(7)71)68-45(77)35(21-31-22-57-24-61-31)65-44(76)34(20-30-14-10-9-11-15-30)64-41(73)27(5)62-42(74)32(52)16-12-18-58-50(53)54/h9-11,14-15,22,24-29,32-35,37-40,70-71H,8,12-13,16-21,23,52H2,1-7H3,(H,57,61)(H,60,78)(H,62,74)(H,63,72)(H,64,73)(H,65,76)(H,66,79)(H,67,75)(H,68,77)(H,69,80)(H,81,82)(H4,53,54,58)(H4,55,56,59)/t26?,27-,28+,29+,32-,33+,34+,35-,37+,38-,39-,40-/m0/s1. The number of aliphatic imine (C=N–C) groups is 2. The summed E-state index contributed by atoms with van der Waals surface area (Å²) in [7, 11) is 0. The Balaban J connectivity index is 2.31. The molecule has 0 radical (unpaired) electrons. The van der Waals surface area contributed by atoms with Gasteiger partial charge in [0.2, 0.25) is 53.2 Å². The second-order valence-electron chi connectivity index (χ2n) is 20.1. The smallest absolute Gasteiger partial charge is 0.326 e. The highest BCUT2D eigenvalue weighted by Crippen LogP contribution is 2.13. The molecular weight excluding hydrogens is 1070 g/mol. The van der Waals surface area contributed by atoms with E-state index in [-0.39, 0.29) is 57.1 Å². The number of hydrogen-bond acceptors (Lipinski definition) is 16. The topological polar surface area (TPSA) is 523 Å². The molecule has 12 atom stereocenters. The Kier molecular flexibility index (Phi) is 30.0. The first-order valence-electron chi connectivity index (χ1n) is 26.7. The number of carbonyl (C=O) groups is 10.